The summed E-state index contributed by atoms with van der Waals surface area (Å²) in [7, 11) is 3.12. The Morgan fingerprint density at radius 1 is 0.909 bits per heavy atom. The van der Waals surface area contributed by atoms with Gasteiger partial charge in [-0.05, 0) is 50.8 Å². The molecule has 3 rings (SSSR count). The molecule has 1 aliphatic rings. The van der Waals surface area contributed by atoms with Crippen molar-refractivity contribution in [2.45, 2.75) is 40.2 Å². The van der Waals surface area contributed by atoms with Crippen molar-refractivity contribution in [1.82, 2.24) is 4.90 Å². The lowest BCUT2D eigenvalue weighted by Crippen LogP contribution is -2.34. The van der Waals surface area contributed by atoms with Gasteiger partial charge in [-0.3, -0.25) is 14.5 Å². The summed E-state index contributed by atoms with van der Waals surface area (Å²) in [4.78, 5) is 28.1. The number of carbonyl (C=O) groups is 2. The summed E-state index contributed by atoms with van der Waals surface area (Å²) in [5, 5.41) is 3.17. The van der Waals surface area contributed by atoms with Crippen LogP contribution in [0.25, 0.3) is 5.57 Å². The second kappa shape index (κ2) is 10.5. The third kappa shape index (κ3) is 5.54. The lowest BCUT2D eigenvalue weighted by Gasteiger charge is -2.16. The number of benzene rings is 2. The zero-order chi connectivity index (χ0) is 24.1. The van der Waals surface area contributed by atoms with Crippen molar-refractivity contribution in [2.24, 2.45) is 0 Å². The molecule has 2 aromatic rings. The van der Waals surface area contributed by atoms with Gasteiger partial charge in [0, 0.05) is 37.0 Å². The second-order valence-electron chi connectivity index (χ2n) is 8.31. The molecule has 0 radical (unpaired) electrons. The first-order chi connectivity index (χ1) is 15.7. The van der Waals surface area contributed by atoms with Gasteiger partial charge in [-0.25, -0.2) is 0 Å². The second-order valence-corrected chi connectivity index (χ2v) is 8.31. The minimum atomic E-state index is -0.362. The smallest absolute Gasteiger partial charge is 0.278 e. The third-order valence-electron chi connectivity index (χ3n) is 5.56. The Morgan fingerprint density at radius 2 is 1.58 bits per heavy atom. The van der Waals surface area contributed by atoms with Crippen LogP contribution in [0.4, 0.5) is 5.69 Å². The molecule has 1 heterocycles. The SMILES string of the molecule is COc1cc(NC2=C(c3ccc(C)c(C)c3)C(=O)N(CCCOC(C)C)C2=O)cc(OC)c1. The highest BCUT2D eigenvalue weighted by molar-refractivity contribution is 6.36. The van der Waals surface area contributed by atoms with Crippen LogP contribution in [-0.2, 0) is 14.3 Å². The van der Waals surface area contributed by atoms with Gasteiger partial charge in [0.25, 0.3) is 11.8 Å². The van der Waals surface area contributed by atoms with E-state index in [1.54, 1.807) is 32.4 Å². The topological polar surface area (TPSA) is 77.1 Å². The number of imide groups is 1. The lowest BCUT2D eigenvalue weighted by atomic mass is 9.99. The number of anilines is 1. The van der Waals surface area contributed by atoms with E-state index in [0.717, 1.165) is 11.1 Å². The fourth-order valence-electron chi connectivity index (χ4n) is 3.63. The van der Waals surface area contributed by atoms with Crippen molar-refractivity contribution >= 4 is 23.1 Å². The number of carbonyl (C=O) groups excluding carboxylic acids is 2. The van der Waals surface area contributed by atoms with Gasteiger partial charge in [-0.2, -0.15) is 0 Å². The molecule has 0 aromatic heterocycles. The number of methoxy groups -OCH3 is 2. The van der Waals surface area contributed by atoms with Crippen LogP contribution in [-0.4, -0.2) is 50.2 Å². The molecule has 0 bridgehead atoms. The maximum Gasteiger partial charge on any atom is 0.278 e. The van der Waals surface area contributed by atoms with Crippen LogP contribution in [0.2, 0.25) is 0 Å². The van der Waals surface area contributed by atoms with Crippen molar-refractivity contribution in [2.75, 3.05) is 32.7 Å². The number of rotatable bonds is 10. The number of nitrogens with zero attached hydrogens (tertiary/aromatic N) is 1. The summed E-state index contributed by atoms with van der Waals surface area (Å²) >= 11 is 0. The van der Waals surface area contributed by atoms with Crippen LogP contribution < -0.4 is 14.8 Å². The van der Waals surface area contributed by atoms with Gasteiger partial charge in [0.05, 0.1) is 25.9 Å². The largest absolute Gasteiger partial charge is 0.497 e. The van der Waals surface area contributed by atoms with E-state index in [1.165, 1.54) is 4.90 Å². The molecule has 0 atom stereocenters. The molecule has 33 heavy (non-hydrogen) atoms. The molecule has 1 aliphatic heterocycles. The van der Waals surface area contributed by atoms with Gasteiger partial charge < -0.3 is 19.5 Å². The number of nitrogens with one attached hydrogen (secondary N) is 1. The number of aryl methyl sites for hydroxylation is 2. The quantitative estimate of drug-likeness (QED) is 0.427. The summed E-state index contributed by atoms with van der Waals surface area (Å²) in [6, 6.07) is 11.0. The van der Waals surface area contributed by atoms with Gasteiger partial charge in [0.15, 0.2) is 0 Å². The minimum Gasteiger partial charge on any atom is -0.497 e. The van der Waals surface area contributed by atoms with Crippen LogP contribution in [0.1, 0.15) is 37.0 Å². The Hall–Kier alpha value is -3.32. The summed E-state index contributed by atoms with van der Waals surface area (Å²) in [6.45, 7) is 8.67. The molecule has 0 unspecified atom stereocenters. The predicted molar refractivity (Wildman–Crippen MR) is 128 cm³/mol. The highest BCUT2D eigenvalue weighted by atomic mass is 16.5. The Balaban J connectivity index is 1.98. The predicted octanol–water partition coefficient (Wildman–Crippen LogP) is 4.33. The van der Waals surface area contributed by atoms with Crippen molar-refractivity contribution in [3.8, 4) is 11.5 Å². The number of ether oxygens (including phenoxy) is 3. The van der Waals surface area contributed by atoms with Crippen LogP contribution >= 0.6 is 0 Å². The molecular formula is C26H32N2O5. The van der Waals surface area contributed by atoms with Gasteiger partial charge in [0.1, 0.15) is 17.2 Å². The first kappa shape index (κ1) is 24.3. The average molecular weight is 453 g/mol. The molecular weight excluding hydrogens is 420 g/mol. The summed E-state index contributed by atoms with van der Waals surface area (Å²) in [5.41, 5.74) is 4.05. The molecule has 7 heteroatoms. The van der Waals surface area contributed by atoms with E-state index in [1.807, 2.05) is 45.9 Å². The molecule has 0 fully saturated rings. The lowest BCUT2D eigenvalue weighted by molar-refractivity contribution is -0.137. The normalized spacial score (nSPS) is 13.8. The zero-order valence-electron chi connectivity index (χ0n) is 20.2. The highest BCUT2D eigenvalue weighted by Gasteiger charge is 2.39. The Morgan fingerprint density at radius 3 is 2.15 bits per heavy atom. The Labute approximate surface area is 195 Å². The monoisotopic (exact) mass is 452 g/mol. The molecule has 0 aliphatic carbocycles. The van der Waals surface area contributed by atoms with E-state index in [2.05, 4.69) is 5.32 Å². The summed E-state index contributed by atoms with van der Waals surface area (Å²) in [6.07, 6.45) is 0.662. The van der Waals surface area contributed by atoms with Crippen molar-refractivity contribution in [3.63, 3.8) is 0 Å². The molecule has 7 nitrogen and oxygen atoms in total. The maximum absolute atomic E-state index is 13.4. The fraction of sp³-hybridized carbons (Fsp3) is 0.385. The van der Waals surface area contributed by atoms with Crippen LogP contribution in [0.15, 0.2) is 42.1 Å². The highest BCUT2D eigenvalue weighted by Crippen LogP contribution is 2.33. The van der Waals surface area contributed by atoms with Crippen molar-refractivity contribution in [3.05, 3.63) is 58.8 Å². The number of hydrogen-bond donors (Lipinski definition) is 1. The van der Waals surface area contributed by atoms with E-state index in [0.29, 0.717) is 41.4 Å². The first-order valence-corrected chi connectivity index (χ1v) is 11.0. The molecule has 2 aromatic carbocycles. The molecule has 176 valence electrons. The molecule has 2 amide bonds. The van der Waals surface area contributed by atoms with Crippen LogP contribution in [0.3, 0.4) is 0 Å². The van der Waals surface area contributed by atoms with Gasteiger partial charge in [-0.15, -0.1) is 0 Å². The summed E-state index contributed by atoms with van der Waals surface area (Å²) in [5.74, 6) is 0.471. The average Bonchev–Trinajstić information content (AvgIpc) is 3.02. The van der Waals surface area contributed by atoms with E-state index in [4.69, 9.17) is 14.2 Å². The van der Waals surface area contributed by atoms with Crippen LogP contribution in [0.5, 0.6) is 11.5 Å². The minimum absolute atomic E-state index is 0.0967. The molecule has 0 saturated heterocycles. The van der Waals surface area contributed by atoms with Crippen LogP contribution in [0, 0.1) is 13.8 Å². The Kier molecular flexibility index (Phi) is 7.76. The van der Waals surface area contributed by atoms with E-state index in [-0.39, 0.29) is 30.2 Å². The van der Waals surface area contributed by atoms with E-state index in [9.17, 15) is 9.59 Å². The van der Waals surface area contributed by atoms with Crippen molar-refractivity contribution in [1.29, 1.82) is 0 Å². The first-order valence-electron chi connectivity index (χ1n) is 11.0. The maximum atomic E-state index is 13.4. The standard InChI is InChI=1S/C26H32N2O5/c1-16(2)33-11-7-10-28-25(29)23(19-9-8-17(3)18(4)12-19)24(26(28)30)27-20-13-21(31-5)15-22(14-20)32-6/h8-9,12-16,27H,7,10-11H2,1-6H3. The number of hydrogen-bond acceptors (Lipinski definition) is 6. The van der Waals surface area contributed by atoms with E-state index < -0.39 is 0 Å². The molecule has 0 saturated carbocycles. The zero-order valence-corrected chi connectivity index (χ0v) is 20.2. The fourth-order valence-corrected chi connectivity index (χ4v) is 3.63. The third-order valence-corrected chi connectivity index (χ3v) is 5.56. The van der Waals surface area contributed by atoms with Gasteiger partial charge in [-0.1, -0.05) is 18.2 Å². The summed E-state index contributed by atoms with van der Waals surface area (Å²) < 4.78 is 16.3. The molecule has 1 N–H and O–H groups in total. The molecule has 0 spiro atoms. The van der Waals surface area contributed by atoms with Gasteiger partial charge >= 0.3 is 0 Å². The van der Waals surface area contributed by atoms with Gasteiger partial charge in [0.2, 0.25) is 0 Å². The number of amides is 2. The Bertz CT molecular complexity index is 1050. The van der Waals surface area contributed by atoms with E-state index >= 15 is 0 Å². The van der Waals surface area contributed by atoms with Crippen molar-refractivity contribution < 1.29 is 23.8 Å².